The van der Waals surface area contributed by atoms with Crippen LogP contribution in [-0.2, 0) is 10.0 Å². The molecular formula is C13H17N3O3S. The van der Waals surface area contributed by atoms with Crippen LogP contribution in [0, 0.1) is 20.8 Å². The van der Waals surface area contributed by atoms with Gasteiger partial charge in [-0.25, -0.2) is 8.42 Å². The van der Waals surface area contributed by atoms with Crippen molar-refractivity contribution in [2.45, 2.75) is 38.6 Å². The number of nitrogens with one attached hydrogen (secondary N) is 1. The molecule has 0 aliphatic carbocycles. The third-order valence-corrected chi connectivity index (χ3v) is 4.57. The summed E-state index contributed by atoms with van der Waals surface area (Å²) in [6, 6.07) is 4.42. The van der Waals surface area contributed by atoms with E-state index in [4.69, 9.17) is 4.52 Å². The Bertz CT molecular complexity index is 722. The monoisotopic (exact) mass is 295 g/mol. The van der Waals surface area contributed by atoms with Gasteiger partial charge in [0.2, 0.25) is 15.9 Å². The molecule has 108 valence electrons. The maximum atomic E-state index is 12.3. The summed E-state index contributed by atoms with van der Waals surface area (Å²) >= 11 is 0. The van der Waals surface area contributed by atoms with Crippen molar-refractivity contribution in [2.24, 2.45) is 0 Å². The molecule has 1 aromatic carbocycles. The Morgan fingerprint density at radius 2 is 1.90 bits per heavy atom. The number of sulfonamides is 1. The predicted octanol–water partition coefficient (Wildman–Crippen LogP) is 2.03. The van der Waals surface area contributed by atoms with E-state index in [1.165, 1.54) is 0 Å². The molecule has 1 atom stereocenters. The lowest BCUT2D eigenvalue weighted by atomic mass is 10.1. The standard InChI is InChI=1S/C13H17N3O3S/c1-8-5-6-12(7-9(8)2)20(17,18)16-10(3)13-14-11(4)15-19-13/h5-7,10,16H,1-4H3. The second-order valence-electron chi connectivity index (χ2n) is 4.77. The number of hydrogen-bond acceptors (Lipinski definition) is 5. The van der Waals surface area contributed by atoms with Gasteiger partial charge in [0.1, 0.15) is 0 Å². The van der Waals surface area contributed by atoms with Gasteiger partial charge in [-0.1, -0.05) is 11.2 Å². The molecule has 1 N–H and O–H groups in total. The third kappa shape index (κ3) is 3.05. The first-order chi connectivity index (χ1) is 9.29. The topological polar surface area (TPSA) is 85.1 Å². The minimum atomic E-state index is -3.62. The Balaban J connectivity index is 2.24. The molecule has 0 fully saturated rings. The van der Waals surface area contributed by atoms with Gasteiger partial charge in [0.15, 0.2) is 5.82 Å². The Kier molecular flexibility index (Phi) is 3.92. The van der Waals surface area contributed by atoms with Crippen molar-refractivity contribution >= 4 is 10.0 Å². The van der Waals surface area contributed by atoms with E-state index in [1.807, 2.05) is 13.8 Å². The number of rotatable bonds is 4. The highest BCUT2D eigenvalue weighted by atomic mass is 32.2. The first-order valence-corrected chi connectivity index (χ1v) is 7.67. The molecule has 0 spiro atoms. The molecule has 1 heterocycles. The Labute approximate surface area is 118 Å². The van der Waals surface area contributed by atoms with Crippen LogP contribution in [0.25, 0.3) is 0 Å². The van der Waals surface area contributed by atoms with Crippen LogP contribution in [0.4, 0.5) is 0 Å². The van der Waals surface area contributed by atoms with Crippen molar-refractivity contribution in [1.29, 1.82) is 0 Å². The van der Waals surface area contributed by atoms with Crippen molar-refractivity contribution in [3.63, 3.8) is 0 Å². The van der Waals surface area contributed by atoms with Crippen LogP contribution in [0.2, 0.25) is 0 Å². The van der Waals surface area contributed by atoms with Crippen LogP contribution in [0.3, 0.4) is 0 Å². The fourth-order valence-electron chi connectivity index (χ4n) is 1.72. The SMILES string of the molecule is Cc1noc(C(C)NS(=O)(=O)c2ccc(C)c(C)c2)n1. The first kappa shape index (κ1) is 14.7. The van der Waals surface area contributed by atoms with E-state index in [-0.39, 0.29) is 10.8 Å². The number of nitrogens with zero attached hydrogens (tertiary/aromatic N) is 2. The number of benzene rings is 1. The van der Waals surface area contributed by atoms with Gasteiger partial charge in [-0.15, -0.1) is 0 Å². The number of hydrogen-bond donors (Lipinski definition) is 1. The maximum Gasteiger partial charge on any atom is 0.244 e. The molecule has 0 saturated carbocycles. The van der Waals surface area contributed by atoms with Crippen LogP contribution in [0.5, 0.6) is 0 Å². The van der Waals surface area contributed by atoms with E-state index in [0.29, 0.717) is 5.82 Å². The van der Waals surface area contributed by atoms with Crippen molar-refractivity contribution in [3.8, 4) is 0 Å². The number of aryl methyl sites for hydroxylation is 3. The van der Waals surface area contributed by atoms with Crippen molar-refractivity contribution < 1.29 is 12.9 Å². The van der Waals surface area contributed by atoms with Gasteiger partial charge < -0.3 is 4.52 Å². The van der Waals surface area contributed by atoms with Crippen LogP contribution in [-0.4, -0.2) is 18.6 Å². The van der Waals surface area contributed by atoms with Gasteiger partial charge in [-0.2, -0.15) is 9.71 Å². The Hall–Kier alpha value is -1.73. The molecule has 2 aromatic rings. The second-order valence-corrected chi connectivity index (χ2v) is 6.48. The fraction of sp³-hybridized carbons (Fsp3) is 0.385. The molecule has 0 radical (unpaired) electrons. The molecule has 6 nitrogen and oxygen atoms in total. The smallest absolute Gasteiger partial charge is 0.244 e. The lowest BCUT2D eigenvalue weighted by Crippen LogP contribution is -2.27. The van der Waals surface area contributed by atoms with Crippen LogP contribution in [0.1, 0.15) is 35.8 Å². The van der Waals surface area contributed by atoms with E-state index in [9.17, 15) is 8.42 Å². The van der Waals surface area contributed by atoms with E-state index in [0.717, 1.165) is 11.1 Å². The Morgan fingerprint density at radius 3 is 2.45 bits per heavy atom. The maximum absolute atomic E-state index is 12.3. The molecule has 2 rings (SSSR count). The predicted molar refractivity (Wildman–Crippen MR) is 73.7 cm³/mol. The van der Waals surface area contributed by atoms with Gasteiger partial charge in [-0.3, -0.25) is 0 Å². The summed E-state index contributed by atoms with van der Waals surface area (Å²) in [4.78, 5) is 4.24. The zero-order chi connectivity index (χ0) is 14.9. The summed E-state index contributed by atoms with van der Waals surface area (Å²) in [6.07, 6.45) is 0. The highest BCUT2D eigenvalue weighted by molar-refractivity contribution is 7.89. The summed E-state index contributed by atoms with van der Waals surface area (Å²) in [6.45, 7) is 7.14. The molecule has 1 unspecified atom stereocenters. The van der Waals surface area contributed by atoms with Crippen molar-refractivity contribution in [2.75, 3.05) is 0 Å². The summed E-state index contributed by atoms with van der Waals surface area (Å²) in [5.41, 5.74) is 1.97. The van der Waals surface area contributed by atoms with Gasteiger partial charge in [0, 0.05) is 0 Å². The lowest BCUT2D eigenvalue weighted by molar-refractivity contribution is 0.351. The van der Waals surface area contributed by atoms with Crippen molar-refractivity contribution in [1.82, 2.24) is 14.9 Å². The minimum Gasteiger partial charge on any atom is -0.338 e. The Morgan fingerprint density at radius 1 is 1.20 bits per heavy atom. The molecule has 1 aromatic heterocycles. The van der Waals surface area contributed by atoms with Crippen molar-refractivity contribution in [3.05, 3.63) is 41.0 Å². The summed E-state index contributed by atoms with van der Waals surface area (Å²) in [5, 5.41) is 3.65. The van der Waals surface area contributed by atoms with E-state index in [1.54, 1.807) is 32.0 Å². The van der Waals surface area contributed by atoms with Gasteiger partial charge >= 0.3 is 0 Å². The van der Waals surface area contributed by atoms with Crippen LogP contribution >= 0.6 is 0 Å². The highest BCUT2D eigenvalue weighted by Crippen LogP contribution is 2.18. The second kappa shape index (κ2) is 5.34. The van der Waals surface area contributed by atoms with Gasteiger partial charge in [0.25, 0.3) is 0 Å². The number of aromatic nitrogens is 2. The van der Waals surface area contributed by atoms with E-state index >= 15 is 0 Å². The average Bonchev–Trinajstić information content (AvgIpc) is 2.79. The zero-order valence-corrected chi connectivity index (χ0v) is 12.7. The first-order valence-electron chi connectivity index (χ1n) is 6.19. The minimum absolute atomic E-state index is 0.226. The molecule has 0 amide bonds. The highest BCUT2D eigenvalue weighted by Gasteiger charge is 2.22. The molecule has 0 aliphatic heterocycles. The van der Waals surface area contributed by atoms with Crippen LogP contribution < -0.4 is 4.72 Å². The summed E-state index contributed by atoms with van der Waals surface area (Å²) in [5.74, 6) is 0.715. The lowest BCUT2D eigenvalue weighted by Gasteiger charge is -2.11. The van der Waals surface area contributed by atoms with Gasteiger partial charge in [-0.05, 0) is 51.0 Å². The fourth-order valence-corrected chi connectivity index (χ4v) is 3.00. The summed E-state index contributed by atoms with van der Waals surface area (Å²) < 4.78 is 32.1. The third-order valence-electron chi connectivity index (χ3n) is 3.03. The molecule has 0 saturated heterocycles. The largest absolute Gasteiger partial charge is 0.338 e. The van der Waals surface area contributed by atoms with E-state index < -0.39 is 16.1 Å². The van der Waals surface area contributed by atoms with Crippen LogP contribution in [0.15, 0.2) is 27.6 Å². The normalized spacial score (nSPS) is 13.4. The van der Waals surface area contributed by atoms with E-state index in [2.05, 4.69) is 14.9 Å². The van der Waals surface area contributed by atoms with Gasteiger partial charge in [0.05, 0.1) is 10.9 Å². The quantitative estimate of drug-likeness (QED) is 0.933. The summed E-state index contributed by atoms with van der Waals surface area (Å²) in [7, 11) is -3.62. The molecule has 0 bridgehead atoms. The molecule has 20 heavy (non-hydrogen) atoms. The average molecular weight is 295 g/mol. The molecule has 0 aliphatic rings. The molecule has 7 heteroatoms. The molecular weight excluding hydrogens is 278 g/mol. The zero-order valence-electron chi connectivity index (χ0n) is 11.8.